The smallest absolute Gasteiger partial charge is 0.243 e. The second-order valence-corrected chi connectivity index (χ2v) is 8.78. The molecule has 146 valence electrons. The zero-order valence-corrected chi connectivity index (χ0v) is 16.4. The van der Waals surface area contributed by atoms with E-state index in [-0.39, 0.29) is 16.7 Å². The third-order valence-electron chi connectivity index (χ3n) is 5.00. The second-order valence-electron chi connectivity index (χ2n) is 6.84. The van der Waals surface area contributed by atoms with Crippen molar-refractivity contribution in [1.29, 1.82) is 5.26 Å². The Hall–Kier alpha value is -2.69. The number of hydrogen-bond donors (Lipinski definition) is 1. The van der Waals surface area contributed by atoms with Gasteiger partial charge in [0.05, 0.1) is 16.5 Å². The van der Waals surface area contributed by atoms with E-state index in [4.69, 9.17) is 5.26 Å². The number of piperidine rings is 1. The third kappa shape index (κ3) is 4.77. The van der Waals surface area contributed by atoms with Crippen molar-refractivity contribution < 1.29 is 13.2 Å². The highest BCUT2D eigenvalue weighted by Crippen LogP contribution is 2.24. The number of sulfonamides is 1. The molecule has 0 radical (unpaired) electrons. The first kappa shape index (κ1) is 20.1. The molecule has 0 aliphatic carbocycles. The van der Waals surface area contributed by atoms with Crippen LogP contribution in [0.5, 0.6) is 0 Å². The maximum atomic E-state index is 12.7. The zero-order valence-electron chi connectivity index (χ0n) is 15.5. The molecule has 6 nitrogen and oxygen atoms in total. The van der Waals surface area contributed by atoms with E-state index >= 15 is 0 Å². The minimum Gasteiger partial charge on any atom is -0.356 e. The van der Waals surface area contributed by atoms with Crippen molar-refractivity contribution in [3.63, 3.8) is 0 Å². The summed E-state index contributed by atoms with van der Waals surface area (Å²) in [6, 6.07) is 17.8. The van der Waals surface area contributed by atoms with Gasteiger partial charge in [0, 0.05) is 25.6 Å². The summed E-state index contributed by atoms with van der Waals surface area (Å²) in [5, 5.41) is 11.8. The van der Waals surface area contributed by atoms with Crippen LogP contribution in [-0.4, -0.2) is 38.3 Å². The molecule has 1 fully saturated rings. The first-order valence-electron chi connectivity index (χ1n) is 9.32. The lowest BCUT2D eigenvalue weighted by atomic mass is 9.97. The van der Waals surface area contributed by atoms with Crippen molar-refractivity contribution in [3.05, 3.63) is 65.7 Å². The van der Waals surface area contributed by atoms with Gasteiger partial charge in [-0.25, -0.2) is 8.42 Å². The van der Waals surface area contributed by atoms with Crippen molar-refractivity contribution >= 4 is 15.9 Å². The number of nitrogens with one attached hydrogen (secondary N) is 1. The van der Waals surface area contributed by atoms with Gasteiger partial charge in [0.2, 0.25) is 15.9 Å². The van der Waals surface area contributed by atoms with E-state index < -0.39 is 10.0 Å². The Kier molecular flexibility index (Phi) is 6.45. The van der Waals surface area contributed by atoms with Crippen LogP contribution in [0.4, 0.5) is 0 Å². The number of nitrogens with zero attached hydrogens (tertiary/aromatic N) is 2. The maximum absolute atomic E-state index is 12.7. The number of rotatable bonds is 6. The molecule has 1 aliphatic heterocycles. The third-order valence-corrected chi connectivity index (χ3v) is 6.91. The van der Waals surface area contributed by atoms with Crippen molar-refractivity contribution in [2.24, 2.45) is 5.92 Å². The molecule has 7 heteroatoms. The van der Waals surface area contributed by atoms with E-state index in [2.05, 4.69) is 5.32 Å². The Morgan fingerprint density at radius 3 is 2.32 bits per heavy atom. The fourth-order valence-electron chi connectivity index (χ4n) is 3.33. The van der Waals surface area contributed by atoms with Gasteiger partial charge < -0.3 is 5.32 Å². The lowest BCUT2D eigenvalue weighted by Crippen LogP contribution is -2.43. The molecule has 0 spiro atoms. The molecule has 0 unspecified atom stereocenters. The molecule has 1 N–H and O–H groups in total. The lowest BCUT2D eigenvalue weighted by molar-refractivity contribution is -0.126. The Morgan fingerprint density at radius 2 is 1.71 bits per heavy atom. The standard InChI is InChI=1S/C21H23N3O3S/c22-16-18-6-8-20(9-7-18)28(26,27)24-14-11-19(12-15-24)21(25)23-13-10-17-4-2-1-3-5-17/h1-9,19H,10-15H2,(H,23,25). The molecule has 1 saturated heterocycles. The predicted molar refractivity (Wildman–Crippen MR) is 106 cm³/mol. The van der Waals surface area contributed by atoms with Gasteiger partial charge in [-0.2, -0.15) is 9.57 Å². The number of nitriles is 1. The molecule has 3 rings (SSSR count). The first-order chi connectivity index (χ1) is 13.5. The van der Waals surface area contributed by atoms with Gasteiger partial charge in [0.25, 0.3) is 0 Å². The minimum absolute atomic E-state index is 0.00801. The van der Waals surface area contributed by atoms with Gasteiger partial charge in [-0.3, -0.25) is 4.79 Å². The normalized spacial score (nSPS) is 15.7. The number of carbonyl (C=O) groups excluding carboxylic acids is 1. The van der Waals surface area contributed by atoms with E-state index in [1.165, 1.54) is 34.1 Å². The average Bonchev–Trinajstić information content (AvgIpc) is 2.74. The minimum atomic E-state index is -3.60. The quantitative estimate of drug-likeness (QED) is 0.810. The van der Waals surface area contributed by atoms with Gasteiger partial charge in [0.1, 0.15) is 0 Å². The van der Waals surface area contributed by atoms with Gasteiger partial charge in [0.15, 0.2) is 0 Å². The number of benzene rings is 2. The highest BCUT2D eigenvalue weighted by molar-refractivity contribution is 7.89. The Bertz CT molecular complexity index is 943. The summed E-state index contributed by atoms with van der Waals surface area (Å²) >= 11 is 0. The average molecular weight is 398 g/mol. The summed E-state index contributed by atoms with van der Waals surface area (Å²) in [7, 11) is -3.60. The molecule has 1 aliphatic rings. The van der Waals surface area contributed by atoms with Gasteiger partial charge in [-0.15, -0.1) is 0 Å². The molecule has 28 heavy (non-hydrogen) atoms. The van der Waals surface area contributed by atoms with Crippen molar-refractivity contribution in [2.45, 2.75) is 24.2 Å². The van der Waals surface area contributed by atoms with E-state index in [1.807, 2.05) is 36.4 Å². The molecular formula is C21H23N3O3S. The predicted octanol–water partition coefficient (Wildman–Crippen LogP) is 2.32. The first-order valence-corrected chi connectivity index (χ1v) is 10.8. The number of hydrogen-bond acceptors (Lipinski definition) is 4. The summed E-state index contributed by atoms with van der Waals surface area (Å²) in [5.74, 6) is -0.172. The van der Waals surface area contributed by atoms with Crippen molar-refractivity contribution in [1.82, 2.24) is 9.62 Å². The lowest BCUT2D eigenvalue weighted by Gasteiger charge is -2.30. The molecule has 0 atom stereocenters. The highest BCUT2D eigenvalue weighted by atomic mass is 32.2. The molecule has 2 aromatic carbocycles. The number of carbonyl (C=O) groups is 1. The molecular weight excluding hydrogens is 374 g/mol. The Balaban J connectivity index is 1.50. The van der Waals surface area contributed by atoms with Crippen LogP contribution in [0.2, 0.25) is 0 Å². The van der Waals surface area contributed by atoms with E-state index in [0.29, 0.717) is 38.0 Å². The summed E-state index contributed by atoms with van der Waals surface area (Å²) in [5.41, 5.74) is 1.59. The fraction of sp³-hybridized carbons (Fsp3) is 0.333. The highest BCUT2D eigenvalue weighted by Gasteiger charge is 2.31. The molecule has 0 aromatic heterocycles. The molecule has 0 bridgehead atoms. The fourth-order valence-corrected chi connectivity index (χ4v) is 4.80. The molecule has 2 aromatic rings. The summed E-state index contributed by atoms with van der Waals surface area (Å²) in [6.07, 6.45) is 1.79. The molecule has 1 heterocycles. The summed E-state index contributed by atoms with van der Waals surface area (Å²) in [6.45, 7) is 1.21. The van der Waals surface area contributed by atoms with Crippen LogP contribution in [0.15, 0.2) is 59.5 Å². The zero-order chi connectivity index (χ0) is 20.0. The van der Waals surface area contributed by atoms with Crippen molar-refractivity contribution in [3.8, 4) is 6.07 Å². The van der Waals surface area contributed by atoms with Crippen LogP contribution in [0, 0.1) is 17.2 Å². The van der Waals surface area contributed by atoms with Crippen LogP contribution in [-0.2, 0) is 21.2 Å². The van der Waals surface area contributed by atoms with Crippen LogP contribution in [0.1, 0.15) is 24.0 Å². The SMILES string of the molecule is N#Cc1ccc(S(=O)(=O)N2CCC(C(=O)NCCc3ccccc3)CC2)cc1. The molecule has 0 saturated carbocycles. The van der Waals surface area contributed by atoms with Crippen LogP contribution in [0.25, 0.3) is 0 Å². The Labute approximate surface area is 165 Å². The largest absolute Gasteiger partial charge is 0.356 e. The van der Waals surface area contributed by atoms with E-state index in [1.54, 1.807) is 0 Å². The summed E-state index contributed by atoms with van der Waals surface area (Å²) in [4.78, 5) is 12.6. The van der Waals surface area contributed by atoms with E-state index in [9.17, 15) is 13.2 Å². The van der Waals surface area contributed by atoms with Crippen LogP contribution in [0.3, 0.4) is 0 Å². The Morgan fingerprint density at radius 1 is 1.07 bits per heavy atom. The number of amides is 1. The van der Waals surface area contributed by atoms with Crippen LogP contribution >= 0.6 is 0 Å². The monoisotopic (exact) mass is 397 g/mol. The molecule has 1 amide bonds. The topological polar surface area (TPSA) is 90.3 Å². The summed E-state index contributed by atoms with van der Waals surface area (Å²) < 4.78 is 26.9. The van der Waals surface area contributed by atoms with Crippen LogP contribution < -0.4 is 5.32 Å². The van der Waals surface area contributed by atoms with Gasteiger partial charge in [-0.05, 0) is 49.1 Å². The van der Waals surface area contributed by atoms with Gasteiger partial charge in [-0.1, -0.05) is 30.3 Å². The van der Waals surface area contributed by atoms with Gasteiger partial charge >= 0.3 is 0 Å². The van der Waals surface area contributed by atoms with E-state index in [0.717, 1.165) is 6.42 Å². The second kappa shape index (κ2) is 9.00. The maximum Gasteiger partial charge on any atom is 0.243 e. The van der Waals surface area contributed by atoms with Crippen molar-refractivity contribution in [2.75, 3.05) is 19.6 Å².